The lowest BCUT2D eigenvalue weighted by Crippen LogP contribution is -2.29. The Morgan fingerprint density at radius 3 is 2.85 bits per heavy atom. The Hall–Kier alpha value is -1.07. The van der Waals surface area contributed by atoms with Crippen molar-refractivity contribution in [2.45, 2.75) is 32.6 Å². The van der Waals surface area contributed by atoms with E-state index in [0.717, 1.165) is 13.0 Å². The number of fused-ring (bicyclic) bond motifs is 1. The van der Waals surface area contributed by atoms with E-state index in [4.69, 9.17) is 0 Å². The Balaban J connectivity index is 1.80. The van der Waals surface area contributed by atoms with Crippen LogP contribution < -0.4 is 10.0 Å². The molecule has 0 saturated heterocycles. The summed E-state index contributed by atoms with van der Waals surface area (Å²) in [4.78, 5) is 0. The van der Waals surface area contributed by atoms with Crippen LogP contribution in [0.4, 0.5) is 5.69 Å². The van der Waals surface area contributed by atoms with Gasteiger partial charge in [-0.05, 0) is 30.4 Å². The minimum Gasteiger partial charge on any atom is -0.384 e. The molecule has 0 amide bonds. The van der Waals surface area contributed by atoms with Gasteiger partial charge in [0.1, 0.15) is 0 Å². The van der Waals surface area contributed by atoms with Crippen LogP contribution in [0.2, 0.25) is 0 Å². The molecule has 1 aliphatic heterocycles. The third-order valence-corrected chi connectivity index (χ3v) is 5.14. The lowest BCUT2D eigenvalue weighted by Gasteiger charge is -2.12. The maximum atomic E-state index is 11.8. The minimum absolute atomic E-state index is 0.226. The van der Waals surface area contributed by atoms with Gasteiger partial charge in [0.25, 0.3) is 0 Å². The van der Waals surface area contributed by atoms with E-state index in [1.165, 1.54) is 11.3 Å². The SMILES string of the molecule is CC(C)CCS(=O)(=O)NCCC1CNc2ccccc21. The summed E-state index contributed by atoms with van der Waals surface area (Å²) in [6, 6.07) is 8.24. The third kappa shape index (κ3) is 4.21. The van der Waals surface area contributed by atoms with Crippen LogP contribution in [0.1, 0.15) is 38.2 Å². The van der Waals surface area contributed by atoms with E-state index < -0.39 is 10.0 Å². The number of hydrogen-bond acceptors (Lipinski definition) is 3. The molecule has 1 aromatic carbocycles. The van der Waals surface area contributed by atoms with Crippen molar-refractivity contribution in [2.75, 3.05) is 24.2 Å². The van der Waals surface area contributed by atoms with E-state index >= 15 is 0 Å². The van der Waals surface area contributed by atoms with E-state index in [9.17, 15) is 8.42 Å². The Bertz CT molecular complexity index is 541. The first-order valence-electron chi connectivity index (χ1n) is 7.28. The average Bonchev–Trinajstić information content (AvgIpc) is 2.80. The van der Waals surface area contributed by atoms with Gasteiger partial charge in [0, 0.05) is 24.7 Å². The van der Waals surface area contributed by atoms with Crippen LogP contribution >= 0.6 is 0 Å². The topological polar surface area (TPSA) is 58.2 Å². The summed E-state index contributed by atoms with van der Waals surface area (Å²) >= 11 is 0. The Labute approximate surface area is 122 Å². The monoisotopic (exact) mass is 296 g/mol. The van der Waals surface area contributed by atoms with Gasteiger partial charge in [-0.2, -0.15) is 0 Å². The Morgan fingerprint density at radius 2 is 2.10 bits per heavy atom. The van der Waals surface area contributed by atoms with Gasteiger partial charge in [-0.15, -0.1) is 0 Å². The van der Waals surface area contributed by atoms with Gasteiger partial charge in [-0.1, -0.05) is 32.0 Å². The highest BCUT2D eigenvalue weighted by molar-refractivity contribution is 7.89. The molecule has 0 saturated carbocycles. The largest absolute Gasteiger partial charge is 0.384 e. The van der Waals surface area contributed by atoms with E-state index in [1.54, 1.807) is 0 Å². The highest BCUT2D eigenvalue weighted by Crippen LogP contribution is 2.32. The standard InChI is InChI=1S/C15H24N2O2S/c1-12(2)8-10-20(18,19)17-9-7-13-11-16-15-6-4-3-5-14(13)15/h3-6,12-13,16-17H,7-11H2,1-2H3. The summed E-state index contributed by atoms with van der Waals surface area (Å²) in [5.41, 5.74) is 2.48. The van der Waals surface area contributed by atoms with Gasteiger partial charge >= 0.3 is 0 Å². The average molecular weight is 296 g/mol. The highest BCUT2D eigenvalue weighted by atomic mass is 32.2. The zero-order valence-electron chi connectivity index (χ0n) is 12.2. The van der Waals surface area contributed by atoms with Crippen molar-refractivity contribution < 1.29 is 8.42 Å². The molecule has 1 atom stereocenters. The second-order valence-electron chi connectivity index (χ2n) is 5.85. The van der Waals surface area contributed by atoms with Crippen molar-refractivity contribution in [3.63, 3.8) is 0 Å². The third-order valence-electron chi connectivity index (χ3n) is 3.72. The van der Waals surface area contributed by atoms with Gasteiger partial charge in [0.05, 0.1) is 5.75 Å². The van der Waals surface area contributed by atoms with E-state index in [-0.39, 0.29) is 5.75 Å². The number of sulfonamides is 1. The molecule has 0 aromatic heterocycles. The first-order valence-corrected chi connectivity index (χ1v) is 8.93. The quantitative estimate of drug-likeness (QED) is 0.813. The van der Waals surface area contributed by atoms with E-state index in [1.807, 2.05) is 26.0 Å². The van der Waals surface area contributed by atoms with Crippen LogP contribution in [0.3, 0.4) is 0 Å². The van der Waals surface area contributed by atoms with Crippen LogP contribution in [-0.4, -0.2) is 27.3 Å². The fourth-order valence-electron chi connectivity index (χ4n) is 2.47. The number of anilines is 1. The molecular weight excluding hydrogens is 272 g/mol. The summed E-state index contributed by atoms with van der Waals surface area (Å²) in [5.74, 6) is 1.04. The number of para-hydroxylation sites is 1. The predicted octanol–water partition coefficient (Wildman–Crippen LogP) is 2.55. The maximum Gasteiger partial charge on any atom is 0.211 e. The number of benzene rings is 1. The molecular formula is C15H24N2O2S. The second-order valence-corrected chi connectivity index (χ2v) is 7.78. The summed E-state index contributed by atoms with van der Waals surface area (Å²) in [7, 11) is -3.12. The summed E-state index contributed by atoms with van der Waals surface area (Å²) < 4.78 is 26.4. The van der Waals surface area contributed by atoms with Crippen LogP contribution in [0.15, 0.2) is 24.3 Å². The van der Waals surface area contributed by atoms with Crippen molar-refractivity contribution in [3.8, 4) is 0 Å². The van der Waals surface area contributed by atoms with Crippen molar-refractivity contribution in [2.24, 2.45) is 5.92 Å². The molecule has 1 aromatic rings. The fourth-order valence-corrected chi connectivity index (χ4v) is 3.82. The van der Waals surface area contributed by atoms with Crippen molar-refractivity contribution in [3.05, 3.63) is 29.8 Å². The molecule has 0 fully saturated rings. The highest BCUT2D eigenvalue weighted by Gasteiger charge is 2.21. The minimum atomic E-state index is -3.12. The zero-order valence-corrected chi connectivity index (χ0v) is 13.0. The molecule has 0 bridgehead atoms. The summed E-state index contributed by atoms with van der Waals surface area (Å²) in [6.07, 6.45) is 1.55. The van der Waals surface area contributed by atoms with Crippen LogP contribution in [-0.2, 0) is 10.0 Å². The Kier molecular flexibility index (Phi) is 5.05. The molecule has 5 heteroatoms. The first-order chi connectivity index (χ1) is 9.48. The Morgan fingerprint density at radius 1 is 1.35 bits per heavy atom. The normalized spacial score (nSPS) is 18.1. The molecule has 1 heterocycles. The maximum absolute atomic E-state index is 11.8. The molecule has 1 unspecified atom stereocenters. The van der Waals surface area contributed by atoms with Crippen LogP contribution in [0.25, 0.3) is 0 Å². The summed E-state index contributed by atoms with van der Waals surface area (Å²) in [5, 5.41) is 3.36. The molecule has 4 nitrogen and oxygen atoms in total. The van der Waals surface area contributed by atoms with Gasteiger partial charge in [-0.3, -0.25) is 0 Å². The number of hydrogen-bond donors (Lipinski definition) is 2. The van der Waals surface area contributed by atoms with Crippen molar-refractivity contribution >= 4 is 15.7 Å². The lowest BCUT2D eigenvalue weighted by molar-refractivity contribution is 0.555. The van der Waals surface area contributed by atoms with Gasteiger partial charge in [0.15, 0.2) is 0 Å². The van der Waals surface area contributed by atoms with E-state index in [0.29, 0.717) is 24.8 Å². The second kappa shape index (κ2) is 6.59. The number of nitrogens with one attached hydrogen (secondary N) is 2. The van der Waals surface area contributed by atoms with Crippen LogP contribution in [0, 0.1) is 5.92 Å². The molecule has 0 aliphatic carbocycles. The zero-order chi connectivity index (χ0) is 14.6. The molecule has 2 rings (SSSR count). The van der Waals surface area contributed by atoms with Gasteiger partial charge < -0.3 is 5.32 Å². The van der Waals surface area contributed by atoms with E-state index in [2.05, 4.69) is 22.2 Å². The first kappa shape index (κ1) is 15.3. The molecule has 112 valence electrons. The lowest BCUT2D eigenvalue weighted by atomic mass is 9.98. The molecule has 1 aliphatic rings. The van der Waals surface area contributed by atoms with Gasteiger partial charge in [0.2, 0.25) is 10.0 Å². The fraction of sp³-hybridized carbons (Fsp3) is 0.600. The molecule has 0 spiro atoms. The molecule has 20 heavy (non-hydrogen) atoms. The number of rotatable bonds is 7. The summed E-state index contributed by atoms with van der Waals surface area (Å²) in [6.45, 7) is 5.49. The van der Waals surface area contributed by atoms with Gasteiger partial charge in [-0.25, -0.2) is 13.1 Å². The molecule has 2 N–H and O–H groups in total. The van der Waals surface area contributed by atoms with Crippen molar-refractivity contribution in [1.82, 2.24) is 4.72 Å². The van der Waals surface area contributed by atoms with Crippen molar-refractivity contribution in [1.29, 1.82) is 0 Å². The van der Waals surface area contributed by atoms with Crippen LogP contribution in [0.5, 0.6) is 0 Å². The smallest absolute Gasteiger partial charge is 0.211 e. The molecule has 0 radical (unpaired) electrons. The predicted molar refractivity (Wildman–Crippen MR) is 83.5 cm³/mol.